The number of allylic oxidation sites excluding steroid dienone is 1. The average Bonchev–Trinajstić information content (AvgIpc) is 2.82. The van der Waals surface area contributed by atoms with E-state index in [1.54, 1.807) is 0 Å². The molecule has 0 spiro atoms. The van der Waals surface area contributed by atoms with Crippen LogP contribution in [0.1, 0.15) is 46.4 Å². The van der Waals surface area contributed by atoms with Crippen molar-refractivity contribution in [3.63, 3.8) is 0 Å². The molecular formula is C18H23ClFN3O. The smallest absolute Gasteiger partial charge is 0.250 e. The molecule has 1 aliphatic rings. The van der Waals surface area contributed by atoms with Crippen molar-refractivity contribution in [1.29, 1.82) is 0 Å². The van der Waals surface area contributed by atoms with E-state index in [2.05, 4.69) is 16.4 Å². The van der Waals surface area contributed by atoms with Gasteiger partial charge in [0.1, 0.15) is 5.82 Å². The molecule has 0 radical (unpaired) electrons. The highest BCUT2D eigenvalue weighted by molar-refractivity contribution is 6.09. The van der Waals surface area contributed by atoms with Gasteiger partial charge in [-0.15, -0.1) is 12.4 Å². The number of halogens is 2. The van der Waals surface area contributed by atoms with Crippen LogP contribution in [-0.4, -0.2) is 24.0 Å². The largest absolute Gasteiger partial charge is 0.366 e. The molecule has 1 aromatic heterocycles. The van der Waals surface area contributed by atoms with Crippen LogP contribution < -0.4 is 11.1 Å². The van der Waals surface area contributed by atoms with Crippen LogP contribution in [0.4, 0.5) is 4.39 Å². The minimum absolute atomic E-state index is 0. The van der Waals surface area contributed by atoms with Crippen molar-refractivity contribution in [3.8, 4) is 0 Å². The van der Waals surface area contributed by atoms with Gasteiger partial charge in [-0.1, -0.05) is 6.08 Å². The van der Waals surface area contributed by atoms with Gasteiger partial charge in [-0.2, -0.15) is 0 Å². The zero-order valence-electron chi connectivity index (χ0n) is 14.1. The Hall–Kier alpha value is -1.85. The number of H-pyrrole nitrogens is 1. The van der Waals surface area contributed by atoms with E-state index in [1.807, 2.05) is 20.9 Å². The van der Waals surface area contributed by atoms with Crippen molar-refractivity contribution in [2.24, 2.45) is 5.73 Å². The first kappa shape index (κ1) is 18.5. The lowest BCUT2D eigenvalue weighted by Crippen LogP contribution is -2.27. The van der Waals surface area contributed by atoms with Gasteiger partial charge in [0, 0.05) is 22.7 Å². The average molecular weight is 352 g/mol. The Morgan fingerprint density at radius 1 is 1.42 bits per heavy atom. The Bertz CT molecular complexity index is 826. The van der Waals surface area contributed by atoms with Crippen LogP contribution in [0.5, 0.6) is 0 Å². The van der Waals surface area contributed by atoms with Crippen LogP contribution in [0.2, 0.25) is 0 Å². The van der Waals surface area contributed by atoms with Crippen LogP contribution >= 0.6 is 12.4 Å². The minimum atomic E-state index is -0.618. The summed E-state index contributed by atoms with van der Waals surface area (Å²) >= 11 is 0. The third kappa shape index (κ3) is 2.94. The molecule has 130 valence electrons. The number of aromatic amines is 1. The SMILES string of the molecule is CN[C@H]1CCC=C(c2c(F)cc(C(N)=O)c3[nH]c(C)c(C)c23)C1.Cl. The standard InChI is InChI=1S/C18H22FN3O.ClH/c1-9-10(2)22-17-13(18(20)23)8-14(19)16(15(9)17)11-5-4-6-12(7-11)21-3;/h5,8,12,21-22H,4,6-7H2,1-3H3,(H2,20,23);1H/t12-;/m0./s1. The Morgan fingerprint density at radius 2 is 2.12 bits per heavy atom. The molecule has 4 nitrogen and oxygen atoms in total. The molecule has 0 bridgehead atoms. The number of hydrogen-bond donors (Lipinski definition) is 3. The topological polar surface area (TPSA) is 70.9 Å². The van der Waals surface area contributed by atoms with E-state index in [0.717, 1.165) is 41.5 Å². The maximum absolute atomic E-state index is 14.9. The van der Waals surface area contributed by atoms with Crippen LogP contribution in [0.15, 0.2) is 12.1 Å². The van der Waals surface area contributed by atoms with Gasteiger partial charge in [0.2, 0.25) is 0 Å². The van der Waals surface area contributed by atoms with Gasteiger partial charge < -0.3 is 16.0 Å². The van der Waals surface area contributed by atoms with Gasteiger partial charge >= 0.3 is 0 Å². The molecule has 1 heterocycles. The number of amides is 1. The normalized spacial score (nSPS) is 17.5. The lowest BCUT2D eigenvalue weighted by Gasteiger charge is -2.23. The van der Waals surface area contributed by atoms with Gasteiger partial charge in [0.15, 0.2) is 0 Å². The quantitative estimate of drug-likeness (QED) is 0.790. The first-order chi connectivity index (χ1) is 10.9. The summed E-state index contributed by atoms with van der Waals surface area (Å²) in [6.07, 6.45) is 4.86. The number of nitrogens with one attached hydrogen (secondary N) is 2. The summed E-state index contributed by atoms with van der Waals surface area (Å²) in [5, 5.41) is 4.05. The van der Waals surface area contributed by atoms with Crippen molar-refractivity contribution < 1.29 is 9.18 Å². The molecule has 24 heavy (non-hydrogen) atoms. The van der Waals surface area contributed by atoms with Gasteiger partial charge in [0.05, 0.1) is 11.1 Å². The second-order valence-electron chi connectivity index (χ2n) is 6.27. The number of carbonyl (C=O) groups excluding carboxylic acids is 1. The predicted molar refractivity (Wildman–Crippen MR) is 98.2 cm³/mol. The van der Waals surface area contributed by atoms with E-state index in [-0.39, 0.29) is 23.8 Å². The summed E-state index contributed by atoms with van der Waals surface area (Å²) in [5.74, 6) is -0.996. The van der Waals surface area contributed by atoms with E-state index in [0.29, 0.717) is 17.1 Å². The second-order valence-corrected chi connectivity index (χ2v) is 6.27. The van der Waals surface area contributed by atoms with Crippen LogP contribution in [0.3, 0.4) is 0 Å². The van der Waals surface area contributed by atoms with Crippen molar-refractivity contribution in [2.75, 3.05) is 7.05 Å². The minimum Gasteiger partial charge on any atom is -0.366 e. The first-order valence-electron chi connectivity index (χ1n) is 7.91. The molecule has 1 atom stereocenters. The number of aromatic nitrogens is 1. The first-order valence-corrected chi connectivity index (χ1v) is 7.91. The number of fused-ring (bicyclic) bond motifs is 1. The molecule has 0 saturated carbocycles. The van der Waals surface area contributed by atoms with E-state index in [1.165, 1.54) is 6.07 Å². The van der Waals surface area contributed by atoms with Crippen LogP contribution in [0, 0.1) is 19.7 Å². The number of nitrogens with two attached hydrogens (primary N) is 1. The highest BCUT2D eigenvalue weighted by Gasteiger charge is 2.24. The van der Waals surface area contributed by atoms with E-state index < -0.39 is 5.91 Å². The predicted octanol–water partition coefficient (Wildman–Crippen LogP) is 3.60. The zero-order valence-corrected chi connectivity index (χ0v) is 14.9. The molecule has 0 unspecified atom stereocenters. The Balaban J connectivity index is 0.00000208. The lowest BCUT2D eigenvalue weighted by atomic mass is 9.87. The lowest BCUT2D eigenvalue weighted by molar-refractivity contribution is 0.100. The van der Waals surface area contributed by atoms with Crippen LogP contribution in [0.25, 0.3) is 16.5 Å². The fourth-order valence-electron chi connectivity index (χ4n) is 3.49. The Kier molecular flexibility index (Phi) is 5.35. The third-order valence-electron chi connectivity index (χ3n) is 4.90. The number of primary amides is 1. The summed E-state index contributed by atoms with van der Waals surface area (Å²) < 4.78 is 14.9. The van der Waals surface area contributed by atoms with E-state index in [9.17, 15) is 9.18 Å². The molecule has 3 rings (SSSR count). The maximum Gasteiger partial charge on any atom is 0.250 e. The molecule has 6 heteroatoms. The molecule has 0 saturated heterocycles. The fraction of sp³-hybridized carbons (Fsp3) is 0.389. The van der Waals surface area contributed by atoms with Gasteiger partial charge in [-0.3, -0.25) is 4.79 Å². The number of carbonyl (C=O) groups is 1. The maximum atomic E-state index is 14.9. The molecule has 1 aromatic carbocycles. The monoisotopic (exact) mass is 351 g/mol. The van der Waals surface area contributed by atoms with Crippen molar-refractivity contribution in [1.82, 2.24) is 10.3 Å². The van der Waals surface area contributed by atoms with E-state index in [4.69, 9.17) is 5.73 Å². The van der Waals surface area contributed by atoms with Crippen LogP contribution in [-0.2, 0) is 0 Å². The van der Waals surface area contributed by atoms with Gasteiger partial charge in [-0.05, 0) is 57.4 Å². The molecule has 2 aromatic rings. The summed E-state index contributed by atoms with van der Waals surface area (Å²) in [5.41, 5.74) is 9.76. The molecule has 1 amide bonds. The molecule has 0 aliphatic heterocycles. The van der Waals surface area contributed by atoms with Gasteiger partial charge in [-0.25, -0.2) is 4.39 Å². The zero-order chi connectivity index (χ0) is 16.7. The van der Waals surface area contributed by atoms with E-state index >= 15 is 0 Å². The highest BCUT2D eigenvalue weighted by Crippen LogP contribution is 2.37. The van der Waals surface area contributed by atoms with Crippen molar-refractivity contribution in [3.05, 3.63) is 40.3 Å². The molecule has 4 N–H and O–H groups in total. The second kappa shape index (κ2) is 6.95. The number of rotatable bonds is 3. The van der Waals surface area contributed by atoms with Crippen molar-refractivity contribution in [2.45, 2.75) is 39.2 Å². The molecule has 0 fully saturated rings. The van der Waals surface area contributed by atoms with Gasteiger partial charge in [0.25, 0.3) is 5.91 Å². The summed E-state index contributed by atoms with van der Waals surface area (Å²) in [4.78, 5) is 14.9. The third-order valence-corrected chi connectivity index (χ3v) is 4.90. The summed E-state index contributed by atoms with van der Waals surface area (Å²) in [7, 11) is 1.93. The number of hydrogen-bond acceptors (Lipinski definition) is 2. The Labute approximate surface area is 147 Å². The molecule has 1 aliphatic carbocycles. The highest BCUT2D eigenvalue weighted by atomic mass is 35.5. The summed E-state index contributed by atoms with van der Waals surface area (Å²) in [6, 6.07) is 1.61. The number of aryl methyl sites for hydroxylation is 2. The number of benzene rings is 1. The summed E-state index contributed by atoms with van der Waals surface area (Å²) in [6.45, 7) is 3.87. The fourth-order valence-corrected chi connectivity index (χ4v) is 3.49. The van der Waals surface area contributed by atoms with Crippen molar-refractivity contribution >= 4 is 34.8 Å². The molecular weight excluding hydrogens is 329 g/mol. The Morgan fingerprint density at radius 3 is 2.75 bits per heavy atom.